The number of nitrogens with zero attached hydrogens (tertiary/aromatic N) is 2. The van der Waals surface area contributed by atoms with Crippen molar-refractivity contribution in [2.24, 2.45) is 0 Å². The van der Waals surface area contributed by atoms with Crippen LogP contribution in [0, 0.1) is 0 Å². The summed E-state index contributed by atoms with van der Waals surface area (Å²) in [7, 11) is 4.08. The number of rotatable bonds is 5. The van der Waals surface area contributed by atoms with Crippen LogP contribution >= 0.6 is 0 Å². The average Bonchev–Trinajstić information content (AvgIpc) is 2.83. The van der Waals surface area contributed by atoms with Crippen molar-refractivity contribution in [1.29, 1.82) is 0 Å². The van der Waals surface area contributed by atoms with Gasteiger partial charge in [-0.25, -0.2) is 0 Å². The van der Waals surface area contributed by atoms with Crippen molar-refractivity contribution in [3.05, 3.63) is 47.9 Å². The molecule has 0 unspecified atom stereocenters. The van der Waals surface area contributed by atoms with Crippen LogP contribution in [0.5, 0.6) is 0 Å². The lowest BCUT2D eigenvalue weighted by Gasteiger charge is -2.12. The molecular formula is C13H17N3O. The maximum absolute atomic E-state index is 5.00. The molecule has 0 saturated heterocycles. The van der Waals surface area contributed by atoms with Crippen LogP contribution in [0.4, 0.5) is 5.69 Å². The highest BCUT2D eigenvalue weighted by atomic mass is 16.5. The topological polar surface area (TPSA) is 41.3 Å². The van der Waals surface area contributed by atoms with Crippen LogP contribution < -0.4 is 10.2 Å². The van der Waals surface area contributed by atoms with Crippen LogP contribution in [-0.4, -0.2) is 19.3 Å². The second-order valence-electron chi connectivity index (χ2n) is 4.14. The Morgan fingerprint density at radius 1 is 1.12 bits per heavy atom. The fourth-order valence-corrected chi connectivity index (χ4v) is 1.58. The lowest BCUT2D eigenvalue weighted by molar-refractivity contribution is 0.373. The van der Waals surface area contributed by atoms with E-state index in [0.717, 1.165) is 12.3 Å². The second-order valence-corrected chi connectivity index (χ2v) is 4.14. The van der Waals surface area contributed by atoms with Crippen molar-refractivity contribution in [3.8, 4) is 0 Å². The van der Waals surface area contributed by atoms with E-state index in [1.54, 1.807) is 6.20 Å². The normalized spacial score (nSPS) is 10.5. The minimum Gasteiger partial charge on any atom is -0.378 e. The smallest absolute Gasteiger partial charge is 0.150 e. The maximum Gasteiger partial charge on any atom is 0.150 e. The Morgan fingerprint density at radius 2 is 1.88 bits per heavy atom. The summed E-state index contributed by atoms with van der Waals surface area (Å²) in [5.74, 6) is 0.856. The van der Waals surface area contributed by atoms with Crippen molar-refractivity contribution in [2.45, 2.75) is 13.1 Å². The molecule has 1 N–H and O–H groups in total. The van der Waals surface area contributed by atoms with Crippen molar-refractivity contribution < 1.29 is 4.52 Å². The van der Waals surface area contributed by atoms with Crippen molar-refractivity contribution >= 4 is 5.69 Å². The lowest BCUT2D eigenvalue weighted by Crippen LogP contribution is -2.12. The zero-order valence-corrected chi connectivity index (χ0v) is 10.2. The Hall–Kier alpha value is -1.81. The predicted octanol–water partition coefficient (Wildman–Crippen LogP) is 2.03. The highest BCUT2D eigenvalue weighted by Crippen LogP contribution is 2.12. The molecule has 0 saturated carbocycles. The molecule has 0 fully saturated rings. The molecule has 0 bridgehead atoms. The molecule has 0 radical (unpaired) electrons. The SMILES string of the molecule is CN(C)c1ccc(CNCc2ccno2)cc1. The molecule has 0 spiro atoms. The van der Waals surface area contributed by atoms with Gasteiger partial charge in [0.1, 0.15) is 5.76 Å². The molecule has 1 aromatic carbocycles. The van der Waals surface area contributed by atoms with E-state index in [1.165, 1.54) is 11.3 Å². The van der Waals surface area contributed by atoms with Crippen LogP contribution in [-0.2, 0) is 13.1 Å². The molecule has 1 heterocycles. The monoisotopic (exact) mass is 231 g/mol. The quantitative estimate of drug-likeness (QED) is 0.855. The van der Waals surface area contributed by atoms with Gasteiger partial charge in [0.25, 0.3) is 0 Å². The minimum absolute atomic E-state index is 0.704. The Kier molecular flexibility index (Phi) is 3.77. The first-order valence-electron chi connectivity index (χ1n) is 5.62. The van der Waals surface area contributed by atoms with Gasteiger partial charge in [-0.05, 0) is 17.7 Å². The fraction of sp³-hybridized carbons (Fsp3) is 0.308. The van der Waals surface area contributed by atoms with E-state index in [4.69, 9.17) is 4.52 Å². The van der Waals surface area contributed by atoms with Crippen molar-refractivity contribution in [2.75, 3.05) is 19.0 Å². The van der Waals surface area contributed by atoms with Crippen LogP contribution in [0.3, 0.4) is 0 Å². The second kappa shape index (κ2) is 5.50. The number of nitrogens with one attached hydrogen (secondary N) is 1. The maximum atomic E-state index is 5.00. The number of anilines is 1. The summed E-state index contributed by atoms with van der Waals surface area (Å²) in [6.07, 6.45) is 1.66. The summed E-state index contributed by atoms with van der Waals surface area (Å²) < 4.78 is 5.00. The van der Waals surface area contributed by atoms with E-state index in [0.29, 0.717) is 6.54 Å². The third-order valence-electron chi connectivity index (χ3n) is 2.57. The van der Waals surface area contributed by atoms with Gasteiger partial charge in [0.15, 0.2) is 0 Å². The van der Waals surface area contributed by atoms with Crippen molar-refractivity contribution in [3.63, 3.8) is 0 Å². The van der Waals surface area contributed by atoms with Gasteiger partial charge in [0.05, 0.1) is 12.7 Å². The van der Waals surface area contributed by atoms with E-state index in [1.807, 2.05) is 20.2 Å². The first-order valence-corrected chi connectivity index (χ1v) is 5.62. The zero-order chi connectivity index (χ0) is 12.1. The standard InChI is InChI=1S/C13H17N3O/c1-16(2)12-5-3-11(4-6-12)9-14-10-13-7-8-15-17-13/h3-8,14H,9-10H2,1-2H3. The molecule has 17 heavy (non-hydrogen) atoms. The third kappa shape index (κ3) is 3.32. The number of hydrogen-bond donors (Lipinski definition) is 1. The molecule has 4 nitrogen and oxygen atoms in total. The van der Waals surface area contributed by atoms with Crippen LogP contribution in [0.15, 0.2) is 41.1 Å². The summed E-state index contributed by atoms with van der Waals surface area (Å²) in [4.78, 5) is 2.09. The molecule has 2 rings (SSSR count). The van der Waals surface area contributed by atoms with Gasteiger partial charge in [-0.15, -0.1) is 0 Å². The van der Waals surface area contributed by atoms with Gasteiger partial charge in [0, 0.05) is 32.4 Å². The summed E-state index contributed by atoms with van der Waals surface area (Å²) in [5.41, 5.74) is 2.47. The Balaban J connectivity index is 1.83. The van der Waals surface area contributed by atoms with E-state index < -0.39 is 0 Å². The van der Waals surface area contributed by atoms with Gasteiger partial charge < -0.3 is 14.7 Å². The molecule has 90 valence electrons. The highest BCUT2D eigenvalue weighted by Gasteiger charge is 1.98. The van der Waals surface area contributed by atoms with Gasteiger partial charge in [-0.2, -0.15) is 0 Å². The Labute approximate surface area is 101 Å². The summed E-state index contributed by atoms with van der Waals surface area (Å²) in [5, 5.41) is 6.96. The summed E-state index contributed by atoms with van der Waals surface area (Å²) in [6, 6.07) is 10.4. The molecule has 0 atom stereocenters. The number of aromatic nitrogens is 1. The van der Waals surface area contributed by atoms with E-state index in [-0.39, 0.29) is 0 Å². The predicted molar refractivity (Wildman–Crippen MR) is 67.8 cm³/mol. The fourth-order valence-electron chi connectivity index (χ4n) is 1.58. The summed E-state index contributed by atoms with van der Waals surface area (Å²) >= 11 is 0. The minimum atomic E-state index is 0.704. The first-order chi connectivity index (χ1) is 8.25. The third-order valence-corrected chi connectivity index (χ3v) is 2.57. The van der Waals surface area contributed by atoms with Gasteiger partial charge >= 0.3 is 0 Å². The van der Waals surface area contributed by atoms with Gasteiger partial charge in [0.2, 0.25) is 0 Å². The molecule has 0 aliphatic carbocycles. The zero-order valence-electron chi connectivity index (χ0n) is 10.2. The largest absolute Gasteiger partial charge is 0.378 e. The van der Waals surface area contributed by atoms with Crippen LogP contribution in [0.25, 0.3) is 0 Å². The van der Waals surface area contributed by atoms with Gasteiger partial charge in [-0.1, -0.05) is 17.3 Å². The van der Waals surface area contributed by atoms with Crippen molar-refractivity contribution in [1.82, 2.24) is 10.5 Å². The van der Waals surface area contributed by atoms with E-state index >= 15 is 0 Å². The Bertz CT molecular complexity index is 434. The number of benzene rings is 1. The van der Waals surface area contributed by atoms with Crippen LogP contribution in [0.1, 0.15) is 11.3 Å². The summed E-state index contributed by atoms with van der Waals surface area (Å²) in [6.45, 7) is 1.53. The molecule has 0 aliphatic rings. The lowest BCUT2D eigenvalue weighted by atomic mass is 10.2. The molecule has 1 aromatic heterocycles. The molecule has 4 heteroatoms. The molecule has 2 aromatic rings. The van der Waals surface area contributed by atoms with Gasteiger partial charge in [-0.3, -0.25) is 0 Å². The number of hydrogen-bond acceptors (Lipinski definition) is 4. The Morgan fingerprint density at radius 3 is 2.47 bits per heavy atom. The average molecular weight is 231 g/mol. The first kappa shape index (κ1) is 11.7. The highest BCUT2D eigenvalue weighted by molar-refractivity contribution is 5.45. The van der Waals surface area contributed by atoms with Crippen LogP contribution in [0.2, 0.25) is 0 Å². The molecular weight excluding hydrogens is 214 g/mol. The van der Waals surface area contributed by atoms with E-state index in [9.17, 15) is 0 Å². The molecule has 0 amide bonds. The van der Waals surface area contributed by atoms with E-state index in [2.05, 4.69) is 39.6 Å². The molecule has 0 aliphatic heterocycles.